The van der Waals surface area contributed by atoms with Crippen molar-refractivity contribution in [3.05, 3.63) is 82.6 Å². The first-order valence-electron chi connectivity index (χ1n) is 9.56. The van der Waals surface area contributed by atoms with Crippen LogP contribution in [-0.2, 0) is 11.3 Å². The molecule has 2 N–H and O–H groups in total. The Morgan fingerprint density at radius 1 is 1.06 bits per heavy atom. The summed E-state index contributed by atoms with van der Waals surface area (Å²) < 4.78 is 10.2. The molecule has 0 saturated carbocycles. The maximum Gasteiger partial charge on any atom is 0.338 e. The summed E-state index contributed by atoms with van der Waals surface area (Å²) in [5.74, 6) is -0.128. The monoisotopic (exact) mass is 439 g/mol. The number of pyridine rings is 1. The van der Waals surface area contributed by atoms with Gasteiger partial charge in [-0.15, -0.1) is 0 Å². The molecule has 1 aromatic heterocycles. The topological polar surface area (TPSA) is 94.8 Å². The van der Waals surface area contributed by atoms with Crippen LogP contribution < -0.4 is 15.4 Å². The number of esters is 1. The summed E-state index contributed by atoms with van der Waals surface area (Å²) in [6, 6.07) is 15.4. The Bertz CT molecular complexity index is 1050. The number of hydrogen-bond donors (Lipinski definition) is 1. The van der Waals surface area contributed by atoms with Crippen LogP contribution in [0.15, 0.2) is 60.8 Å². The van der Waals surface area contributed by atoms with Gasteiger partial charge in [0, 0.05) is 17.6 Å². The van der Waals surface area contributed by atoms with Crippen molar-refractivity contribution in [3.63, 3.8) is 0 Å². The molecule has 0 fully saturated rings. The van der Waals surface area contributed by atoms with E-state index < -0.39 is 11.9 Å². The van der Waals surface area contributed by atoms with Gasteiger partial charge in [-0.1, -0.05) is 23.7 Å². The number of amides is 1. The number of ether oxygens (including phenoxy) is 2. The number of rotatable bonds is 7. The molecule has 0 unspecified atom stereocenters. The van der Waals surface area contributed by atoms with Crippen molar-refractivity contribution in [3.8, 4) is 5.75 Å². The lowest BCUT2D eigenvalue weighted by molar-refractivity contribution is 0.0526. The highest BCUT2D eigenvalue weighted by Crippen LogP contribution is 2.27. The fourth-order valence-corrected chi connectivity index (χ4v) is 3.23. The minimum atomic E-state index is -0.429. The first kappa shape index (κ1) is 22.1. The number of carbonyl (C=O) groups is 2. The number of hydrogen-bond acceptors (Lipinski definition) is 6. The van der Waals surface area contributed by atoms with E-state index in [0.717, 1.165) is 5.56 Å². The standard InChI is InChI=1S/C23H22ClN3O4/c1-3-31-23(29)16-6-8-17(9-7-16)27(14-15-4-10-18(30-2)11-5-15)22(28)20-19(25)12-13-26-21(20)24/h4-13H,3,14H2,1-2H3,(H2,25,26). The average Bonchev–Trinajstić information content (AvgIpc) is 2.78. The number of nitrogens with zero attached hydrogens (tertiary/aromatic N) is 2. The Hall–Kier alpha value is -3.58. The van der Waals surface area contributed by atoms with Crippen LogP contribution in [0.5, 0.6) is 5.75 Å². The number of anilines is 2. The van der Waals surface area contributed by atoms with E-state index in [1.807, 2.05) is 24.3 Å². The second-order valence-electron chi connectivity index (χ2n) is 6.57. The van der Waals surface area contributed by atoms with E-state index in [9.17, 15) is 9.59 Å². The quantitative estimate of drug-likeness (QED) is 0.434. The fraction of sp³-hybridized carbons (Fsp3) is 0.174. The third-order valence-electron chi connectivity index (χ3n) is 4.59. The van der Waals surface area contributed by atoms with Gasteiger partial charge in [0.25, 0.3) is 5.91 Å². The molecule has 0 spiro atoms. The molecule has 3 rings (SSSR count). The Kier molecular flexibility index (Phi) is 7.10. The van der Waals surface area contributed by atoms with E-state index in [1.54, 1.807) is 38.3 Å². The smallest absolute Gasteiger partial charge is 0.338 e. The van der Waals surface area contributed by atoms with Crippen molar-refractivity contribution in [2.24, 2.45) is 0 Å². The van der Waals surface area contributed by atoms with Gasteiger partial charge in [0.2, 0.25) is 0 Å². The molecule has 0 bridgehead atoms. The van der Waals surface area contributed by atoms with Gasteiger partial charge in [-0.05, 0) is 55.0 Å². The summed E-state index contributed by atoms with van der Waals surface area (Å²) in [6.07, 6.45) is 1.44. The summed E-state index contributed by atoms with van der Waals surface area (Å²) in [5.41, 5.74) is 8.18. The number of nitrogen functional groups attached to an aromatic ring is 1. The van der Waals surface area contributed by atoms with Crippen molar-refractivity contribution in [2.75, 3.05) is 24.4 Å². The third kappa shape index (κ3) is 5.13. The molecule has 3 aromatic rings. The Morgan fingerprint density at radius 3 is 2.32 bits per heavy atom. The first-order valence-corrected chi connectivity index (χ1v) is 9.94. The number of halogens is 1. The Labute approximate surface area is 185 Å². The van der Waals surface area contributed by atoms with E-state index >= 15 is 0 Å². The predicted octanol–water partition coefficient (Wildman–Crippen LogP) is 4.35. The van der Waals surface area contributed by atoms with Crippen molar-refractivity contribution in [1.29, 1.82) is 0 Å². The molecule has 0 aliphatic rings. The van der Waals surface area contributed by atoms with Gasteiger partial charge in [0.15, 0.2) is 0 Å². The maximum atomic E-state index is 13.4. The molecule has 0 atom stereocenters. The minimum Gasteiger partial charge on any atom is -0.497 e. The first-order chi connectivity index (χ1) is 14.9. The zero-order valence-corrected chi connectivity index (χ0v) is 17.9. The van der Waals surface area contributed by atoms with Crippen LogP contribution in [0, 0.1) is 0 Å². The van der Waals surface area contributed by atoms with Gasteiger partial charge in [-0.25, -0.2) is 9.78 Å². The second-order valence-corrected chi connectivity index (χ2v) is 6.93. The van der Waals surface area contributed by atoms with E-state index in [-0.39, 0.29) is 29.6 Å². The lowest BCUT2D eigenvalue weighted by Crippen LogP contribution is -2.31. The Balaban J connectivity index is 1.99. The molecule has 8 heteroatoms. The Morgan fingerprint density at radius 2 is 1.74 bits per heavy atom. The molecular weight excluding hydrogens is 418 g/mol. The highest BCUT2D eigenvalue weighted by atomic mass is 35.5. The number of benzene rings is 2. The van der Waals surface area contributed by atoms with Crippen LogP contribution in [0.3, 0.4) is 0 Å². The zero-order chi connectivity index (χ0) is 22.4. The minimum absolute atomic E-state index is 0.0212. The summed E-state index contributed by atoms with van der Waals surface area (Å²) in [6.45, 7) is 2.26. The molecule has 0 radical (unpaired) electrons. The van der Waals surface area contributed by atoms with Crippen molar-refractivity contribution < 1.29 is 19.1 Å². The van der Waals surface area contributed by atoms with Crippen molar-refractivity contribution >= 4 is 34.9 Å². The zero-order valence-electron chi connectivity index (χ0n) is 17.2. The molecule has 7 nitrogen and oxygen atoms in total. The largest absolute Gasteiger partial charge is 0.497 e. The number of carbonyl (C=O) groups excluding carboxylic acids is 2. The lowest BCUT2D eigenvalue weighted by Gasteiger charge is -2.24. The highest BCUT2D eigenvalue weighted by Gasteiger charge is 2.24. The van der Waals surface area contributed by atoms with Gasteiger partial charge in [-0.2, -0.15) is 0 Å². The molecule has 2 aromatic carbocycles. The van der Waals surface area contributed by atoms with Gasteiger partial charge < -0.3 is 20.1 Å². The number of methoxy groups -OCH3 is 1. The maximum absolute atomic E-state index is 13.4. The van der Waals surface area contributed by atoms with E-state index in [4.69, 9.17) is 26.8 Å². The molecule has 0 aliphatic carbocycles. The molecule has 0 saturated heterocycles. The van der Waals surface area contributed by atoms with Gasteiger partial charge >= 0.3 is 5.97 Å². The molecule has 1 amide bonds. The van der Waals surface area contributed by atoms with Crippen LogP contribution in [0.2, 0.25) is 5.15 Å². The van der Waals surface area contributed by atoms with E-state index in [0.29, 0.717) is 17.0 Å². The molecule has 160 valence electrons. The van der Waals surface area contributed by atoms with Gasteiger partial charge in [-0.3, -0.25) is 4.79 Å². The third-order valence-corrected chi connectivity index (χ3v) is 4.87. The molecule has 0 aliphatic heterocycles. The van der Waals surface area contributed by atoms with Crippen molar-refractivity contribution in [2.45, 2.75) is 13.5 Å². The van der Waals surface area contributed by atoms with Crippen LogP contribution in [0.25, 0.3) is 0 Å². The molecular formula is C23H22ClN3O4. The van der Waals surface area contributed by atoms with E-state index in [2.05, 4.69) is 4.98 Å². The van der Waals surface area contributed by atoms with Crippen LogP contribution in [0.1, 0.15) is 33.2 Å². The fourth-order valence-electron chi connectivity index (χ4n) is 2.98. The van der Waals surface area contributed by atoms with Crippen molar-refractivity contribution in [1.82, 2.24) is 4.98 Å². The predicted molar refractivity (Wildman–Crippen MR) is 120 cm³/mol. The number of aromatic nitrogens is 1. The molecule has 1 heterocycles. The van der Waals surface area contributed by atoms with Gasteiger partial charge in [0.05, 0.1) is 25.8 Å². The summed E-state index contributed by atoms with van der Waals surface area (Å²) >= 11 is 6.18. The summed E-state index contributed by atoms with van der Waals surface area (Å²) in [7, 11) is 1.59. The van der Waals surface area contributed by atoms with E-state index in [1.165, 1.54) is 17.2 Å². The van der Waals surface area contributed by atoms with Crippen LogP contribution in [0.4, 0.5) is 11.4 Å². The summed E-state index contributed by atoms with van der Waals surface area (Å²) in [5, 5.41) is 0.0212. The highest BCUT2D eigenvalue weighted by molar-refractivity contribution is 6.34. The molecule has 31 heavy (non-hydrogen) atoms. The average molecular weight is 440 g/mol. The number of nitrogens with two attached hydrogens (primary N) is 1. The van der Waals surface area contributed by atoms with Gasteiger partial charge in [0.1, 0.15) is 16.5 Å². The second kappa shape index (κ2) is 9.95. The van der Waals surface area contributed by atoms with Crippen LogP contribution >= 0.6 is 11.6 Å². The summed E-state index contributed by atoms with van der Waals surface area (Å²) in [4.78, 5) is 30.9. The normalized spacial score (nSPS) is 10.4. The van der Waals surface area contributed by atoms with Crippen LogP contribution in [-0.4, -0.2) is 30.6 Å². The SMILES string of the molecule is CCOC(=O)c1ccc(N(Cc2ccc(OC)cc2)C(=O)c2c(N)ccnc2Cl)cc1. The lowest BCUT2D eigenvalue weighted by atomic mass is 10.1.